The van der Waals surface area contributed by atoms with Gasteiger partial charge in [0.15, 0.2) is 0 Å². The first kappa shape index (κ1) is 14.9. The van der Waals surface area contributed by atoms with Gasteiger partial charge in [0.1, 0.15) is 0 Å². The Labute approximate surface area is 106 Å². The lowest BCUT2D eigenvalue weighted by Crippen LogP contribution is -2.31. The lowest BCUT2D eigenvalue weighted by atomic mass is 10.2. The third-order valence-electron chi connectivity index (χ3n) is 3.28. The van der Waals surface area contributed by atoms with Gasteiger partial charge in [0.05, 0.1) is 5.75 Å². The van der Waals surface area contributed by atoms with Crippen LogP contribution in [0.25, 0.3) is 0 Å². The van der Waals surface area contributed by atoms with E-state index in [2.05, 4.69) is 30.8 Å². The maximum Gasteiger partial charge on any atom is 0.211 e. The molecule has 102 valence electrons. The zero-order chi connectivity index (χ0) is 12.9. The van der Waals surface area contributed by atoms with Gasteiger partial charge >= 0.3 is 0 Å². The highest BCUT2D eigenvalue weighted by Crippen LogP contribution is 2.44. The summed E-state index contributed by atoms with van der Waals surface area (Å²) in [5.41, 5.74) is 0.162. The molecule has 5 heteroatoms. The molecular formula is C12H26N2O2S. The summed E-state index contributed by atoms with van der Waals surface area (Å²) in [7, 11) is -3.06. The molecule has 4 nitrogen and oxygen atoms in total. The lowest BCUT2D eigenvalue weighted by molar-refractivity contribution is 0.550. The molecular weight excluding hydrogens is 236 g/mol. The molecule has 2 N–H and O–H groups in total. The quantitative estimate of drug-likeness (QED) is 0.619. The Hall–Kier alpha value is -0.130. The fraction of sp³-hybridized carbons (Fsp3) is 1.00. The fourth-order valence-electron chi connectivity index (χ4n) is 1.79. The minimum Gasteiger partial charge on any atom is -0.317 e. The summed E-state index contributed by atoms with van der Waals surface area (Å²) >= 11 is 0. The van der Waals surface area contributed by atoms with Gasteiger partial charge in [-0.15, -0.1) is 0 Å². The van der Waals surface area contributed by atoms with Crippen molar-refractivity contribution in [2.45, 2.75) is 52.5 Å². The maximum atomic E-state index is 11.7. The van der Waals surface area contributed by atoms with E-state index in [1.54, 1.807) is 0 Å². The lowest BCUT2D eigenvalue weighted by Gasteiger charge is -2.08. The van der Waals surface area contributed by atoms with Crippen molar-refractivity contribution in [3.63, 3.8) is 0 Å². The van der Waals surface area contributed by atoms with Gasteiger partial charge < -0.3 is 5.32 Å². The van der Waals surface area contributed by atoms with E-state index in [4.69, 9.17) is 0 Å². The van der Waals surface area contributed by atoms with Crippen molar-refractivity contribution >= 4 is 10.0 Å². The van der Waals surface area contributed by atoms with Crippen LogP contribution in [0.2, 0.25) is 0 Å². The van der Waals surface area contributed by atoms with Crippen LogP contribution < -0.4 is 10.0 Å². The molecule has 0 saturated heterocycles. The highest BCUT2D eigenvalue weighted by atomic mass is 32.2. The van der Waals surface area contributed by atoms with E-state index in [9.17, 15) is 8.42 Å². The molecule has 1 unspecified atom stereocenters. The van der Waals surface area contributed by atoms with Gasteiger partial charge in [0.2, 0.25) is 10.0 Å². The summed E-state index contributed by atoms with van der Waals surface area (Å²) in [4.78, 5) is 0. The molecule has 17 heavy (non-hydrogen) atoms. The second-order valence-corrected chi connectivity index (χ2v) is 7.51. The molecule has 1 fully saturated rings. The van der Waals surface area contributed by atoms with E-state index >= 15 is 0 Å². The minimum atomic E-state index is -3.06. The average molecular weight is 262 g/mol. The normalized spacial score (nSPS) is 22.6. The van der Waals surface area contributed by atoms with Crippen molar-refractivity contribution in [2.24, 2.45) is 5.41 Å². The van der Waals surface area contributed by atoms with Gasteiger partial charge in [-0.1, -0.05) is 20.8 Å². The number of rotatable bonds is 9. The number of unbranched alkanes of at least 4 members (excludes halogenated alkanes) is 1. The molecule has 0 aromatic rings. The maximum absolute atomic E-state index is 11.7. The third kappa shape index (κ3) is 5.84. The highest BCUT2D eigenvalue weighted by Gasteiger charge is 2.47. The molecule has 1 atom stereocenters. The second-order valence-electron chi connectivity index (χ2n) is 5.64. The van der Waals surface area contributed by atoms with Crippen LogP contribution in [-0.2, 0) is 10.0 Å². The topological polar surface area (TPSA) is 58.2 Å². The van der Waals surface area contributed by atoms with Crippen molar-refractivity contribution < 1.29 is 8.42 Å². The highest BCUT2D eigenvalue weighted by molar-refractivity contribution is 7.89. The molecule has 0 aliphatic heterocycles. The number of nitrogens with one attached hydrogen (secondary N) is 2. The van der Waals surface area contributed by atoms with Crippen molar-refractivity contribution in [3.8, 4) is 0 Å². The Kier molecular flexibility index (Phi) is 5.41. The molecule has 0 heterocycles. The minimum absolute atomic E-state index is 0.158. The first-order valence-corrected chi connectivity index (χ1v) is 8.23. The van der Waals surface area contributed by atoms with E-state index in [-0.39, 0.29) is 17.2 Å². The largest absolute Gasteiger partial charge is 0.317 e. The van der Waals surface area contributed by atoms with Gasteiger partial charge in [-0.2, -0.15) is 0 Å². The average Bonchev–Trinajstić information content (AvgIpc) is 2.78. The molecule has 1 saturated carbocycles. The predicted molar refractivity (Wildman–Crippen MR) is 71.5 cm³/mol. The molecule has 1 aliphatic carbocycles. The van der Waals surface area contributed by atoms with Crippen LogP contribution in [0.5, 0.6) is 0 Å². The first-order valence-electron chi connectivity index (χ1n) is 6.58. The Bertz CT molecular complexity index is 325. The third-order valence-corrected chi connectivity index (χ3v) is 4.75. The zero-order valence-corrected chi connectivity index (χ0v) is 12.1. The van der Waals surface area contributed by atoms with Gasteiger partial charge in [-0.25, -0.2) is 13.1 Å². The monoisotopic (exact) mass is 262 g/mol. The Morgan fingerprint density at radius 2 is 1.88 bits per heavy atom. The molecule has 0 bridgehead atoms. The van der Waals surface area contributed by atoms with Crippen LogP contribution in [0.3, 0.4) is 0 Å². The van der Waals surface area contributed by atoms with E-state index in [1.807, 2.05) is 0 Å². The standard InChI is InChI=1S/C12H26N2O2S/c1-4-7-13-8-5-6-9-17(15,16)14-11-10-12(11,2)3/h11,13-14H,4-10H2,1-3H3. The molecule has 1 rings (SSSR count). The van der Waals surface area contributed by atoms with E-state index in [1.165, 1.54) is 0 Å². The number of hydrogen-bond acceptors (Lipinski definition) is 3. The van der Waals surface area contributed by atoms with Gasteiger partial charge in [0.25, 0.3) is 0 Å². The zero-order valence-electron chi connectivity index (χ0n) is 11.3. The predicted octanol–water partition coefficient (Wildman–Crippen LogP) is 1.48. The molecule has 0 amide bonds. The molecule has 1 aliphatic rings. The summed E-state index contributed by atoms with van der Waals surface area (Å²) in [6.45, 7) is 8.24. The van der Waals surface area contributed by atoms with Crippen LogP contribution in [-0.4, -0.2) is 33.3 Å². The van der Waals surface area contributed by atoms with E-state index < -0.39 is 10.0 Å². The van der Waals surface area contributed by atoms with Gasteiger partial charge in [0, 0.05) is 6.04 Å². The Balaban J connectivity index is 2.09. The van der Waals surface area contributed by atoms with Gasteiger partial charge in [-0.3, -0.25) is 0 Å². The smallest absolute Gasteiger partial charge is 0.211 e. The molecule has 0 spiro atoms. The van der Waals surface area contributed by atoms with Crippen molar-refractivity contribution in [2.75, 3.05) is 18.8 Å². The molecule has 0 aromatic heterocycles. The summed E-state index contributed by atoms with van der Waals surface area (Å²) in [6, 6.07) is 0.158. The Morgan fingerprint density at radius 3 is 2.41 bits per heavy atom. The van der Waals surface area contributed by atoms with Crippen molar-refractivity contribution in [1.29, 1.82) is 0 Å². The number of hydrogen-bond donors (Lipinski definition) is 2. The molecule has 0 aromatic carbocycles. The van der Waals surface area contributed by atoms with Crippen LogP contribution >= 0.6 is 0 Å². The Morgan fingerprint density at radius 1 is 1.24 bits per heavy atom. The van der Waals surface area contributed by atoms with Crippen LogP contribution in [0.15, 0.2) is 0 Å². The number of sulfonamides is 1. The SMILES string of the molecule is CCCNCCCCS(=O)(=O)NC1CC1(C)C. The summed E-state index contributed by atoms with van der Waals surface area (Å²) in [5, 5.41) is 3.27. The van der Waals surface area contributed by atoms with Crippen LogP contribution in [0.1, 0.15) is 46.5 Å². The fourth-order valence-corrected chi connectivity index (χ4v) is 3.33. The van der Waals surface area contributed by atoms with E-state index in [0.29, 0.717) is 0 Å². The summed E-state index contributed by atoms with van der Waals surface area (Å²) < 4.78 is 26.2. The van der Waals surface area contributed by atoms with Crippen LogP contribution in [0, 0.1) is 5.41 Å². The second kappa shape index (κ2) is 6.16. The van der Waals surface area contributed by atoms with Gasteiger partial charge in [-0.05, 0) is 44.2 Å². The van der Waals surface area contributed by atoms with E-state index in [0.717, 1.165) is 38.8 Å². The first-order chi connectivity index (χ1) is 7.87. The van der Waals surface area contributed by atoms with Crippen molar-refractivity contribution in [3.05, 3.63) is 0 Å². The summed E-state index contributed by atoms with van der Waals surface area (Å²) in [6.07, 6.45) is 3.75. The summed E-state index contributed by atoms with van der Waals surface area (Å²) in [5.74, 6) is 0.257. The van der Waals surface area contributed by atoms with Crippen LogP contribution in [0.4, 0.5) is 0 Å². The molecule has 0 radical (unpaired) electrons. The van der Waals surface area contributed by atoms with Crippen molar-refractivity contribution in [1.82, 2.24) is 10.0 Å².